The highest BCUT2D eigenvalue weighted by Crippen LogP contribution is 2.30. The van der Waals surface area contributed by atoms with E-state index in [9.17, 15) is 5.11 Å². The van der Waals surface area contributed by atoms with Crippen LogP contribution in [0.2, 0.25) is 0 Å². The molecule has 0 unspecified atom stereocenters. The van der Waals surface area contributed by atoms with Gasteiger partial charge in [0.05, 0.1) is 22.1 Å². The predicted molar refractivity (Wildman–Crippen MR) is 155 cm³/mol. The Morgan fingerprint density at radius 2 is 1.31 bits per heavy atom. The molecule has 6 aromatic rings. The first-order chi connectivity index (χ1) is 19.1. The number of likely N-dealkylation sites (N-methyl/N-ethyl adjacent to an activating group) is 1. The van der Waals surface area contributed by atoms with Crippen molar-refractivity contribution < 1.29 is 9.84 Å². The molecule has 0 saturated carbocycles. The molecule has 0 radical (unpaired) electrons. The summed E-state index contributed by atoms with van der Waals surface area (Å²) >= 11 is 0. The number of phenols is 1. The van der Waals surface area contributed by atoms with Crippen LogP contribution in [0.3, 0.4) is 0 Å². The van der Waals surface area contributed by atoms with E-state index in [0.29, 0.717) is 6.04 Å². The van der Waals surface area contributed by atoms with Crippen molar-refractivity contribution in [2.75, 3.05) is 20.2 Å². The fourth-order valence-electron chi connectivity index (χ4n) is 5.36. The molecule has 4 aromatic carbocycles. The maximum Gasteiger partial charge on any atom is 0.138 e. The van der Waals surface area contributed by atoms with Crippen LogP contribution in [0.4, 0.5) is 0 Å². The lowest BCUT2D eigenvalue weighted by molar-refractivity contribution is 0.198. The summed E-state index contributed by atoms with van der Waals surface area (Å²) in [6.07, 6.45) is 2.45. The highest BCUT2D eigenvalue weighted by atomic mass is 16.5. The third-order valence-electron chi connectivity index (χ3n) is 7.68. The van der Waals surface area contributed by atoms with E-state index in [-0.39, 0.29) is 5.75 Å². The number of benzene rings is 4. The molecule has 1 aliphatic heterocycles. The summed E-state index contributed by atoms with van der Waals surface area (Å²) in [6, 6.07) is 28.2. The van der Waals surface area contributed by atoms with E-state index in [0.717, 1.165) is 74.9 Å². The third-order valence-corrected chi connectivity index (χ3v) is 7.68. The number of hydrogen-bond acceptors (Lipinski definition) is 5. The van der Waals surface area contributed by atoms with Crippen LogP contribution in [0.15, 0.2) is 84.9 Å². The SMILES string of the molecule is CN1CCC[C@H]1COc1ccc(-c2nc3ccc(-c4ccc5nc(-c6ccc(O)cc6)[nH]c5c4)cc3[nH]2)cc1. The predicted octanol–water partition coefficient (Wildman–Crippen LogP) is 6.62. The van der Waals surface area contributed by atoms with Crippen LogP contribution in [0.5, 0.6) is 11.5 Å². The first-order valence-electron chi connectivity index (χ1n) is 13.3. The summed E-state index contributed by atoms with van der Waals surface area (Å²) in [4.78, 5) is 18.8. The van der Waals surface area contributed by atoms with Crippen molar-refractivity contribution in [2.45, 2.75) is 18.9 Å². The van der Waals surface area contributed by atoms with Gasteiger partial charge in [-0.25, -0.2) is 9.97 Å². The number of rotatable bonds is 6. The number of aromatic hydroxyl groups is 1. The molecule has 7 nitrogen and oxygen atoms in total. The zero-order valence-electron chi connectivity index (χ0n) is 21.7. The molecule has 7 rings (SSSR count). The number of aromatic nitrogens is 4. The normalized spacial score (nSPS) is 15.9. The molecule has 3 N–H and O–H groups in total. The Morgan fingerprint density at radius 3 is 1.85 bits per heavy atom. The highest BCUT2D eigenvalue weighted by molar-refractivity contribution is 5.88. The van der Waals surface area contributed by atoms with Gasteiger partial charge in [-0.3, -0.25) is 0 Å². The minimum Gasteiger partial charge on any atom is -0.508 e. The van der Waals surface area contributed by atoms with Crippen LogP contribution in [0.1, 0.15) is 12.8 Å². The topological polar surface area (TPSA) is 90.1 Å². The number of H-pyrrole nitrogens is 2. The quantitative estimate of drug-likeness (QED) is 0.232. The van der Waals surface area contributed by atoms with Gasteiger partial charge in [-0.1, -0.05) is 12.1 Å². The number of phenolic OH excluding ortho intramolecular Hbond substituents is 1. The minimum absolute atomic E-state index is 0.239. The molecule has 0 amide bonds. The summed E-state index contributed by atoms with van der Waals surface area (Å²) < 4.78 is 6.05. The van der Waals surface area contributed by atoms with Crippen molar-refractivity contribution in [3.8, 4) is 45.4 Å². The van der Waals surface area contributed by atoms with Gasteiger partial charge in [0.1, 0.15) is 29.8 Å². The number of ether oxygens (including phenoxy) is 1. The summed E-state index contributed by atoms with van der Waals surface area (Å²) in [5.74, 6) is 2.74. The Morgan fingerprint density at radius 1 is 0.769 bits per heavy atom. The Hall–Kier alpha value is -4.62. The van der Waals surface area contributed by atoms with E-state index in [1.807, 2.05) is 30.3 Å². The van der Waals surface area contributed by atoms with Crippen molar-refractivity contribution in [3.63, 3.8) is 0 Å². The first kappa shape index (κ1) is 23.5. The minimum atomic E-state index is 0.239. The maximum atomic E-state index is 9.58. The Kier molecular flexibility index (Phi) is 5.78. The van der Waals surface area contributed by atoms with Crippen molar-refractivity contribution in [2.24, 2.45) is 0 Å². The fourth-order valence-corrected chi connectivity index (χ4v) is 5.36. The first-order valence-corrected chi connectivity index (χ1v) is 13.3. The highest BCUT2D eigenvalue weighted by Gasteiger charge is 2.21. The Balaban J connectivity index is 1.11. The van der Waals surface area contributed by atoms with Gasteiger partial charge in [-0.2, -0.15) is 0 Å². The standard InChI is InChI=1S/C32H29N5O2/c1-37-16-2-3-24(37)19-39-26-12-6-21(7-13-26)32-34-28-15-9-23(18-30(28)36-32)22-8-14-27-29(17-22)35-31(33-27)20-4-10-25(38)11-5-20/h4-15,17-18,24,38H,2-3,16,19H2,1H3,(H,33,35)(H,34,36)/t24-/m0/s1. The van der Waals surface area contributed by atoms with E-state index in [2.05, 4.69) is 64.4 Å². The molecule has 3 heterocycles. The van der Waals surface area contributed by atoms with Gasteiger partial charge in [0.15, 0.2) is 0 Å². The molecular weight excluding hydrogens is 486 g/mol. The molecule has 0 spiro atoms. The number of imidazole rings is 2. The van der Waals surface area contributed by atoms with Crippen LogP contribution >= 0.6 is 0 Å². The van der Waals surface area contributed by atoms with Crippen LogP contribution in [0, 0.1) is 0 Å². The van der Waals surface area contributed by atoms with E-state index >= 15 is 0 Å². The smallest absolute Gasteiger partial charge is 0.138 e. The molecule has 1 aliphatic rings. The van der Waals surface area contributed by atoms with E-state index in [1.54, 1.807) is 12.1 Å². The number of nitrogens with zero attached hydrogens (tertiary/aromatic N) is 3. The van der Waals surface area contributed by atoms with E-state index in [1.165, 1.54) is 12.8 Å². The van der Waals surface area contributed by atoms with Gasteiger partial charge in [-0.15, -0.1) is 0 Å². The van der Waals surface area contributed by atoms with Crippen molar-refractivity contribution in [1.82, 2.24) is 24.8 Å². The second kappa shape index (κ2) is 9.60. The number of hydrogen-bond donors (Lipinski definition) is 3. The molecule has 1 saturated heterocycles. The average Bonchev–Trinajstić information content (AvgIpc) is 3.69. The zero-order valence-corrected chi connectivity index (χ0v) is 21.7. The number of fused-ring (bicyclic) bond motifs is 2. The van der Waals surface area contributed by atoms with Gasteiger partial charge in [0.25, 0.3) is 0 Å². The molecule has 1 atom stereocenters. The molecule has 0 bridgehead atoms. The van der Waals surface area contributed by atoms with Crippen LogP contribution in [-0.2, 0) is 0 Å². The van der Waals surface area contributed by atoms with E-state index < -0.39 is 0 Å². The zero-order chi connectivity index (χ0) is 26.3. The molecule has 39 heavy (non-hydrogen) atoms. The number of aromatic amines is 2. The number of nitrogens with one attached hydrogen (secondary N) is 2. The molecule has 0 aliphatic carbocycles. The second-order valence-electron chi connectivity index (χ2n) is 10.3. The van der Waals surface area contributed by atoms with Crippen LogP contribution in [-0.4, -0.2) is 56.2 Å². The van der Waals surface area contributed by atoms with Gasteiger partial charge >= 0.3 is 0 Å². The average molecular weight is 516 g/mol. The molecular formula is C32H29N5O2. The van der Waals surface area contributed by atoms with Crippen molar-refractivity contribution >= 4 is 22.1 Å². The summed E-state index contributed by atoms with van der Waals surface area (Å²) in [5.41, 5.74) is 7.92. The third kappa shape index (κ3) is 4.62. The molecule has 1 fully saturated rings. The molecule has 194 valence electrons. The van der Waals surface area contributed by atoms with Gasteiger partial charge < -0.3 is 24.7 Å². The summed E-state index contributed by atoms with van der Waals surface area (Å²) in [5, 5.41) is 9.58. The molecule has 2 aromatic heterocycles. The largest absolute Gasteiger partial charge is 0.508 e. The lowest BCUT2D eigenvalue weighted by atomic mass is 10.0. The van der Waals surface area contributed by atoms with E-state index in [4.69, 9.17) is 14.7 Å². The van der Waals surface area contributed by atoms with Gasteiger partial charge in [0.2, 0.25) is 0 Å². The van der Waals surface area contributed by atoms with Crippen molar-refractivity contribution in [3.05, 3.63) is 84.9 Å². The lowest BCUT2D eigenvalue weighted by Gasteiger charge is -2.19. The van der Waals surface area contributed by atoms with Crippen LogP contribution < -0.4 is 4.74 Å². The Labute approximate surface area is 226 Å². The van der Waals surface area contributed by atoms with Gasteiger partial charge in [0, 0.05) is 17.2 Å². The lowest BCUT2D eigenvalue weighted by Crippen LogP contribution is -2.30. The maximum absolute atomic E-state index is 9.58. The Bertz CT molecular complexity index is 1770. The van der Waals surface area contributed by atoms with Gasteiger partial charge in [-0.05, 0) is 110 Å². The summed E-state index contributed by atoms with van der Waals surface area (Å²) in [7, 11) is 2.17. The molecule has 7 heteroatoms. The van der Waals surface area contributed by atoms with Crippen molar-refractivity contribution in [1.29, 1.82) is 0 Å². The second-order valence-corrected chi connectivity index (χ2v) is 10.3. The number of likely N-dealkylation sites (tertiary alicyclic amines) is 1. The van der Waals surface area contributed by atoms with Crippen LogP contribution in [0.25, 0.3) is 56.0 Å². The monoisotopic (exact) mass is 515 g/mol. The summed E-state index contributed by atoms with van der Waals surface area (Å²) in [6.45, 7) is 1.88. The fraction of sp³-hybridized carbons (Fsp3) is 0.188.